The van der Waals surface area contributed by atoms with Gasteiger partial charge in [-0.15, -0.1) is 0 Å². The quantitative estimate of drug-likeness (QED) is 0.671. The van der Waals surface area contributed by atoms with Crippen molar-refractivity contribution in [3.8, 4) is 29.1 Å². The van der Waals surface area contributed by atoms with Crippen LogP contribution in [0.4, 0.5) is 0 Å². The standard InChI is InChI=1S/C20H19N3O4/c1-24-14-5-6-15-16(10-14)23-20(22-15)13(11-21)7-12-8-17(25-2)19(27-4)18(9-12)26-3/h5-10H,1-4H3,(H,22,23)/b13-7-. The molecule has 7 heteroatoms. The predicted octanol–water partition coefficient (Wildman–Crippen LogP) is 3.66. The maximum absolute atomic E-state index is 9.63. The van der Waals surface area contributed by atoms with Crippen LogP contribution in [0.15, 0.2) is 30.3 Å². The monoisotopic (exact) mass is 365 g/mol. The Morgan fingerprint density at radius 2 is 1.70 bits per heavy atom. The van der Waals surface area contributed by atoms with Crippen LogP contribution in [-0.4, -0.2) is 38.4 Å². The van der Waals surface area contributed by atoms with Crippen LogP contribution in [0.1, 0.15) is 11.4 Å². The van der Waals surface area contributed by atoms with Gasteiger partial charge in [0.25, 0.3) is 0 Å². The Bertz CT molecular complexity index is 1020. The summed E-state index contributed by atoms with van der Waals surface area (Å²) in [7, 11) is 6.23. The minimum atomic E-state index is 0.374. The third-order valence-electron chi connectivity index (χ3n) is 4.06. The van der Waals surface area contributed by atoms with Crippen molar-refractivity contribution in [1.82, 2.24) is 9.97 Å². The first-order chi connectivity index (χ1) is 13.1. The maximum atomic E-state index is 9.63. The van der Waals surface area contributed by atoms with Crippen molar-refractivity contribution in [2.75, 3.05) is 28.4 Å². The lowest BCUT2D eigenvalue weighted by atomic mass is 10.1. The fraction of sp³-hybridized carbons (Fsp3) is 0.200. The first-order valence-electron chi connectivity index (χ1n) is 8.09. The van der Waals surface area contributed by atoms with E-state index >= 15 is 0 Å². The van der Waals surface area contributed by atoms with E-state index in [9.17, 15) is 5.26 Å². The third-order valence-corrected chi connectivity index (χ3v) is 4.06. The summed E-state index contributed by atoms with van der Waals surface area (Å²) in [5.41, 5.74) is 2.63. The van der Waals surface area contributed by atoms with E-state index in [2.05, 4.69) is 16.0 Å². The van der Waals surface area contributed by atoms with Gasteiger partial charge in [-0.05, 0) is 35.9 Å². The lowest BCUT2D eigenvalue weighted by Crippen LogP contribution is -1.96. The van der Waals surface area contributed by atoms with Crippen LogP contribution in [0.3, 0.4) is 0 Å². The van der Waals surface area contributed by atoms with Gasteiger partial charge in [0, 0.05) is 6.07 Å². The minimum absolute atomic E-state index is 0.374. The summed E-state index contributed by atoms with van der Waals surface area (Å²) in [6.45, 7) is 0. The number of methoxy groups -OCH3 is 4. The zero-order valence-corrected chi connectivity index (χ0v) is 15.5. The van der Waals surface area contributed by atoms with E-state index in [0.29, 0.717) is 34.4 Å². The van der Waals surface area contributed by atoms with Crippen LogP contribution < -0.4 is 18.9 Å². The number of H-pyrrole nitrogens is 1. The fourth-order valence-electron chi connectivity index (χ4n) is 2.75. The molecule has 1 aromatic heterocycles. The van der Waals surface area contributed by atoms with Gasteiger partial charge < -0.3 is 23.9 Å². The van der Waals surface area contributed by atoms with Gasteiger partial charge in [-0.1, -0.05) is 0 Å². The van der Waals surface area contributed by atoms with Crippen molar-refractivity contribution in [1.29, 1.82) is 5.26 Å². The van der Waals surface area contributed by atoms with Gasteiger partial charge >= 0.3 is 0 Å². The number of ether oxygens (including phenoxy) is 4. The lowest BCUT2D eigenvalue weighted by molar-refractivity contribution is 0.324. The maximum Gasteiger partial charge on any atom is 0.203 e. The average Bonchev–Trinajstić information content (AvgIpc) is 3.13. The molecule has 0 radical (unpaired) electrons. The van der Waals surface area contributed by atoms with E-state index in [-0.39, 0.29) is 0 Å². The number of rotatable bonds is 6. The summed E-state index contributed by atoms with van der Waals surface area (Å²) >= 11 is 0. The van der Waals surface area contributed by atoms with Crippen molar-refractivity contribution >= 4 is 22.7 Å². The SMILES string of the molecule is COc1ccc2nc(/C(C#N)=C\c3cc(OC)c(OC)c(OC)c3)[nH]c2c1. The molecule has 7 nitrogen and oxygen atoms in total. The zero-order valence-electron chi connectivity index (χ0n) is 15.5. The highest BCUT2D eigenvalue weighted by molar-refractivity contribution is 5.91. The number of nitrogens with one attached hydrogen (secondary N) is 1. The highest BCUT2D eigenvalue weighted by Gasteiger charge is 2.14. The molecule has 1 N–H and O–H groups in total. The molecule has 0 aliphatic carbocycles. The minimum Gasteiger partial charge on any atom is -0.497 e. The highest BCUT2D eigenvalue weighted by atomic mass is 16.5. The van der Waals surface area contributed by atoms with Gasteiger partial charge in [-0.3, -0.25) is 0 Å². The number of aromatic amines is 1. The van der Waals surface area contributed by atoms with E-state index in [1.165, 1.54) is 0 Å². The molecule has 0 aliphatic rings. The Labute approximate surface area is 156 Å². The summed E-state index contributed by atoms with van der Waals surface area (Å²) in [4.78, 5) is 7.64. The number of fused-ring (bicyclic) bond motifs is 1. The molecule has 0 spiro atoms. The third kappa shape index (κ3) is 3.51. The number of benzene rings is 2. The summed E-state index contributed by atoms with van der Waals surface area (Å²) < 4.78 is 21.3. The molecule has 0 unspecified atom stereocenters. The van der Waals surface area contributed by atoms with E-state index in [4.69, 9.17) is 18.9 Å². The topological polar surface area (TPSA) is 89.4 Å². The van der Waals surface area contributed by atoms with Gasteiger partial charge in [-0.25, -0.2) is 4.98 Å². The predicted molar refractivity (Wildman–Crippen MR) is 102 cm³/mol. The molecule has 0 saturated carbocycles. The Kier molecular flexibility index (Phi) is 5.18. The molecule has 27 heavy (non-hydrogen) atoms. The van der Waals surface area contributed by atoms with Crippen LogP contribution in [0.25, 0.3) is 22.7 Å². The van der Waals surface area contributed by atoms with Crippen molar-refractivity contribution in [3.63, 3.8) is 0 Å². The van der Waals surface area contributed by atoms with Gasteiger partial charge in [0.1, 0.15) is 17.6 Å². The zero-order chi connectivity index (χ0) is 19.4. The van der Waals surface area contributed by atoms with Gasteiger partial charge in [0.2, 0.25) is 5.75 Å². The van der Waals surface area contributed by atoms with Gasteiger partial charge in [0.15, 0.2) is 11.5 Å². The molecule has 2 aromatic carbocycles. The van der Waals surface area contributed by atoms with Crippen LogP contribution in [0, 0.1) is 11.3 Å². The molecule has 1 heterocycles. The molecule has 3 rings (SSSR count). The van der Waals surface area contributed by atoms with Crippen molar-refractivity contribution in [2.45, 2.75) is 0 Å². The fourth-order valence-corrected chi connectivity index (χ4v) is 2.75. The average molecular weight is 365 g/mol. The van der Waals surface area contributed by atoms with E-state index < -0.39 is 0 Å². The molecular formula is C20H19N3O4. The van der Waals surface area contributed by atoms with Crippen LogP contribution in [0.2, 0.25) is 0 Å². The second kappa shape index (κ2) is 7.70. The van der Waals surface area contributed by atoms with Crippen LogP contribution in [-0.2, 0) is 0 Å². The molecular weight excluding hydrogens is 346 g/mol. The molecule has 0 atom stereocenters. The summed E-state index contributed by atoms with van der Waals surface area (Å²) in [5.74, 6) is 2.69. The summed E-state index contributed by atoms with van der Waals surface area (Å²) in [6, 6.07) is 11.2. The molecule has 0 amide bonds. The number of nitriles is 1. The molecule has 0 bridgehead atoms. The van der Waals surface area contributed by atoms with E-state index in [1.54, 1.807) is 46.6 Å². The molecule has 0 aliphatic heterocycles. The lowest BCUT2D eigenvalue weighted by Gasteiger charge is -2.13. The highest BCUT2D eigenvalue weighted by Crippen LogP contribution is 2.39. The number of imidazole rings is 1. The van der Waals surface area contributed by atoms with Crippen molar-refractivity contribution in [2.24, 2.45) is 0 Å². The number of allylic oxidation sites excluding steroid dienone is 1. The van der Waals surface area contributed by atoms with E-state index in [1.807, 2.05) is 18.2 Å². The van der Waals surface area contributed by atoms with Crippen molar-refractivity contribution < 1.29 is 18.9 Å². The number of aromatic nitrogens is 2. The smallest absolute Gasteiger partial charge is 0.203 e. The first kappa shape index (κ1) is 18.1. The second-order valence-electron chi connectivity index (χ2n) is 5.60. The molecule has 0 saturated heterocycles. The van der Waals surface area contributed by atoms with E-state index in [0.717, 1.165) is 16.6 Å². The Morgan fingerprint density at radius 3 is 2.26 bits per heavy atom. The number of hydrogen-bond donors (Lipinski definition) is 1. The van der Waals surface area contributed by atoms with Crippen LogP contribution >= 0.6 is 0 Å². The van der Waals surface area contributed by atoms with Gasteiger partial charge in [0.05, 0.1) is 45.0 Å². The van der Waals surface area contributed by atoms with Crippen LogP contribution in [0.5, 0.6) is 23.0 Å². The summed E-state index contributed by atoms with van der Waals surface area (Å²) in [6.07, 6.45) is 1.71. The second-order valence-corrected chi connectivity index (χ2v) is 5.60. The van der Waals surface area contributed by atoms with Gasteiger partial charge in [-0.2, -0.15) is 5.26 Å². The molecule has 0 fully saturated rings. The normalized spacial score (nSPS) is 11.1. The largest absolute Gasteiger partial charge is 0.497 e. The number of hydrogen-bond acceptors (Lipinski definition) is 6. The molecule has 3 aromatic rings. The number of nitrogens with zero attached hydrogens (tertiary/aromatic N) is 2. The van der Waals surface area contributed by atoms with Crippen molar-refractivity contribution in [3.05, 3.63) is 41.7 Å². The Balaban J connectivity index is 2.08. The first-order valence-corrected chi connectivity index (χ1v) is 8.09. The summed E-state index contributed by atoms with van der Waals surface area (Å²) in [5, 5.41) is 9.63. The Hall–Kier alpha value is -3.66. The Morgan fingerprint density at radius 1 is 1.00 bits per heavy atom. The molecule has 138 valence electrons.